The SMILES string of the molecule is Cc1ncc(N2C[C@@H]3CNC[C@@H]32)cc1C#N.O=C(O)/C=C/C(=O)O. The van der Waals surface area contributed by atoms with E-state index in [0.717, 1.165) is 36.9 Å². The van der Waals surface area contributed by atoms with Crippen molar-refractivity contribution in [2.45, 2.75) is 13.0 Å². The summed E-state index contributed by atoms with van der Waals surface area (Å²) in [6.45, 7) is 5.15. The number of fused-ring (bicyclic) bond motifs is 1. The van der Waals surface area contributed by atoms with Crippen LogP contribution in [0.1, 0.15) is 11.3 Å². The van der Waals surface area contributed by atoms with Gasteiger partial charge in [0.2, 0.25) is 0 Å². The van der Waals surface area contributed by atoms with Gasteiger partial charge in [-0.3, -0.25) is 4.98 Å². The van der Waals surface area contributed by atoms with Crippen molar-refractivity contribution in [2.75, 3.05) is 24.5 Å². The Bertz CT molecular complexity index is 695. The number of pyridine rings is 1. The number of nitriles is 1. The predicted molar refractivity (Wildman–Crippen MR) is 85.6 cm³/mol. The molecule has 0 bridgehead atoms. The van der Waals surface area contributed by atoms with Crippen LogP contribution in [0.3, 0.4) is 0 Å². The largest absolute Gasteiger partial charge is 0.478 e. The van der Waals surface area contributed by atoms with Gasteiger partial charge in [0.05, 0.1) is 23.1 Å². The van der Waals surface area contributed by atoms with E-state index in [1.807, 2.05) is 19.2 Å². The van der Waals surface area contributed by atoms with Crippen molar-refractivity contribution in [1.82, 2.24) is 10.3 Å². The van der Waals surface area contributed by atoms with Gasteiger partial charge >= 0.3 is 11.9 Å². The standard InChI is InChI=1S/C12H14N4.C4H4O4/c1-8-9(3-13)2-11(5-15-8)16-7-10-4-14-6-12(10)16;5-3(6)1-2-4(7)8/h2,5,10,12,14H,4,6-7H2,1H3;1-2H,(H,5,6)(H,7,8)/b;2-1+/t10-,12-;/m0./s1. The Morgan fingerprint density at radius 3 is 2.58 bits per heavy atom. The highest BCUT2D eigenvalue weighted by atomic mass is 16.4. The first-order chi connectivity index (χ1) is 11.4. The second-order valence-electron chi connectivity index (χ2n) is 5.59. The number of nitrogens with one attached hydrogen (secondary N) is 1. The lowest BCUT2D eigenvalue weighted by Crippen LogP contribution is -2.55. The molecule has 3 heterocycles. The molecule has 0 saturated carbocycles. The summed E-state index contributed by atoms with van der Waals surface area (Å²) in [4.78, 5) is 25.7. The Morgan fingerprint density at radius 2 is 2.04 bits per heavy atom. The molecule has 0 amide bonds. The number of carboxylic acid groups (broad SMARTS) is 2. The van der Waals surface area contributed by atoms with E-state index in [-0.39, 0.29) is 0 Å². The predicted octanol–water partition coefficient (Wildman–Crippen LogP) is 0.381. The number of hydrogen-bond donors (Lipinski definition) is 3. The highest BCUT2D eigenvalue weighted by Crippen LogP contribution is 2.33. The minimum atomic E-state index is -1.26. The number of anilines is 1. The molecule has 126 valence electrons. The number of aryl methyl sites for hydroxylation is 1. The maximum atomic E-state index is 9.55. The zero-order chi connectivity index (χ0) is 17.7. The zero-order valence-corrected chi connectivity index (χ0v) is 13.1. The summed E-state index contributed by atoms with van der Waals surface area (Å²) in [6.07, 6.45) is 3.00. The van der Waals surface area contributed by atoms with Crippen LogP contribution in [0.4, 0.5) is 5.69 Å². The Morgan fingerprint density at radius 1 is 1.38 bits per heavy atom. The first-order valence-corrected chi connectivity index (χ1v) is 7.40. The molecule has 2 fully saturated rings. The van der Waals surface area contributed by atoms with Crippen molar-refractivity contribution >= 4 is 17.6 Å². The van der Waals surface area contributed by atoms with Crippen LogP contribution in [0.5, 0.6) is 0 Å². The monoisotopic (exact) mass is 330 g/mol. The van der Waals surface area contributed by atoms with Gasteiger partial charge in [-0.15, -0.1) is 0 Å². The number of rotatable bonds is 3. The number of nitrogens with zero attached hydrogens (tertiary/aromatic N) is 3. The summed E-state index contributed by atoms with van der Waals surface area (Å²) in [6, 6.07) is 4.76. The molecule has 3 N–H and O–H groups in total. The van der Waals surface area contributed by atoms with Gasteiger partial charge in [0, 0.05) is 43.7 Å². The molecule has 0 spiro atoms. The van der Waals surface area contributed by atoms with Crippen LogP contribution in [-0.2, 0) is 9.59 Å². The second-order valence-corrected chi connectivity index (χ2v) is 5.59. The molecular weight excluding hydrogens is 312 g/mol. The summed E-state index contributed by atoms with van der Waals surface area (Å²) in [7, 11) is 0. The molecule has 2 atom stereocenters. The Labute approximate surface area is 139 Å². The van der Waals surface area contributed by atoms with E-state index >= 15 is 0 Å². The van der Waals surface area contributed by atoms with Gasteiger partial charge in [0.15, 0.2) is 0 Å². The van der Waals surface area contributed by atoms with Crippen molar-refractivity contribution in [2.24, 2.45) is 5.92 Å². The van der Waals surface area contributed by atoms with E-state index in [9.17, 15) is 9.59 Å². The zero-order valence-electron chi connectivity index (χ0n) is 13.1. The number of carbonyl (C=O) groups is 2. The third-order valence-corrected chi connectivity index (χ3v) is 4.03. The van der Waals surface area contributed by atoms with Crippen LogP contribution in [0, 0.1) is 24.2 Å². The fraction of sp³-hybridized carbons (Fsp3) is 0.375. The first-order valence-electron chi connectivity index (χ1n) is 7.40. The molecule has 1 aromatic heterocycles. The smallest absolute Gasteiger partial charge is 0.328 e. The summed E-state index contributed by atoms with van der Waals surface area (Å²) in [5.41, 5.74) is 2.59. The highest BCUT2D eigenvalue weighted by Gasteiger charge is 2.42. The van der Waals surface area contributed by atoms with Gasteiger partial charge in [0.25, 0.3) is 0 Å². The minimum Gasteiger partial charge on any atom is -0.478 e. The molecule has 24 heavy (non-hydrogen) atoms. The second kappa shape index (κ2) is 7.57. The Kier molecular flexibility index (Phi) is 5.50. The lowest BCUT2D eigenvalue weighted by molar-refractivity contribution is -0.134. The molecule has 0 radical (unpaired) electrons. The summed E-state index contributed by atoms with van der Waals surface area (Å²) >= 11 is 0. The van der Waals surface area contributed by atoms with Gasteiger partial charge < -0.3 is 20.4 Å². The molecule has 8 nitrogen and oxygen atoms in total. The van der Waals surface area contributed by atoms with E-state index in [2.05, 4.69) is 21.3 Å². The van der Waals surface area contributed by atoms with Gasteiger partial charge in [0.1, 0.15) is 6.07 Å². The Balaban J connectivity index is 0.000000224. The summed E-state index contributed by atoms with van der Waals surface area (Å²) in [5, 5.41) is 28.0. The number of carboxylic acids is 2. The number of hydrogen-bond acceptors (Lipinski definition) is 6. The van der Waals surface area contributed by atoms with Crippen molar-refractivity contribution < 1.29 is 19.8 Å². The molecule has 3 rings (SSSR count). The van der Waals surface area contributed by atoms with Gasteiger partial charge in [-0.1, -0.05) is 0 Å². The molecule has 0 unspecified atom stereocenters. The lowest BCUT2D eigenvalue weighted by Gasteiger charge is -2.45. The fourth-order valence-electron chi connectivity index (χ4n) is 2.75. The van der Waals surface area contributed by atoms with Crippen LogP contribution < -0.4 is 10.2 Å². The van der Waals surface area contributed by atoms with E-state index in [1.54, 1.807) is 0 Å². The van der Waals surface area contributed by atoms with Crippen molar-refractivity contribution in [1.29, 1.82) is 5.26 Å². The fourth-order valence-corrected chi connectivity index (χ4v) is 2.75. The van der Waals surface area contributed by atoms with Crippen molar-refractivity contribution in [3.8, 4) is 6.07 Å². The molecule has 1 aromatic rings. The molecular formula is C16H18N4O4. The quantitative estimate of drug-likeness (QED) is 0.679. The minimum absolute atomic E-state index is 0.558. The number of aromatic nitrogens is 1. The van der Waals surface area contributed by atoms with E-state index in [1.165, 1.54) is 0 Å². The van der Waals surface area contributed by atoms with Crippen LogP contribution in [-0.4, -0.2) is 52.8 Å². The van der Waals surface area contributed by atoms with E-state index in [0.29, 0.717) is 23.8 Å². The normalized spacial score (nSPS) is 21.2. The van der Waals surface area contributed by atoms with Crippen LogP contribution in [0.25, 0.3) is 0 Å². The Hall–Kier alpha value is -2.92. The molecule has 8 heteroatoms. The molecule has 2 aliphatic rings. The third-order valence-electron chi connectivity index (χ3n) is 4.03. The molecule has 2 aliphatic heterocycles. The molecule has 0 aromatic carbocycles. The van der Waals surface area contributed by atoms with Crippen LogP contribution in [0.15, 0.2) is 24.4 Å². The maximum absolute atomic E-state index is 9.55. The number of aliphatic carboxylic acids is 2. The van der Waals surface area contributed by atoms with E-state index in [4.69, 9.17) is 15.5 Å². The molecule has 0 aliphatic carbocycles. The maximum Gasteiger partial charge on any atom is 0.328 e. The van der Waals surface area contributed by atoms with Crippen molar-refractivity contribution in [3.05, 3.63) is 35.7 Å². The average Bonchev–Trinajstić information content (AvgIpc) is 2.88. The molecule has 2 saturated heterocycles. The van der Waals surface area contributed by atoms with Gasteiger partial charge in [-0.2, -0.15) is 5.26 Å². The first kappa shape index (κ1) is 17.4. The van der Waals surface area contributed by atoms with Crippen molar-refractivity contribution in [3.63, 3.8) is 0 Å². The lowest BCUT2D eigenvalue weighted by atomic mass is 9.91. The van der Waals surface area contributed by atoms with E-state index < -0.39 is 11.9 Å². The average molecular weight is 330 g/mol. The topological polar surface area (TPSA) is 127 Å². The van der Waals surface area contributed by atoms with Gasteiger partial charge in [-0.25, -0.2) is 9.59 Å². The van der Waals surface area contributed by atoms with Crippen LogP contribution in [0.2, 0.25) is 0 Å². The summed E-state index contributed by atoms with van der Waals surface area (Å²) < 4.78 is 0. The highest BCUT2D eigenvalue weighted by molar-refractivity contribution is 5.89. The van der Waals surface area contributed by atoms with Crippen LogP contribution >= 0.6 is 0 Å². The third kappa shape index (κ3) is 4.08. The van der Waals surface area contributed by atoms with Gasteiger partial charge in [-0.05, 0) is 13.0 Å². The summed E-state index contributed by atoms with van der Waals surface area (Å²) in [5.74, 6) is -1.73.